The van der Waals surface area contributed by atoms with Crippen LogP contribution >= 0.6 is 0 Å². The van der Waals surface area contributed by atoms with Crippen LogP contribution in [-0.2, 0) is 6.18 Å². The number of nitrogens with one attached hydrogen (secondary N) is 1. The molecule has 1 aliphatic heterocycles. The normalized spacial score (nSPS) is 13.7. The van der Waals surface area contributed by atoms with Crippen LogP contribution in [0.15, 0.2) is 53.3 Å². The first-order chi connectivity index (χ1) is 16.6. The van der Waals surface area contributed by atoms with Gasteiger partial charge in [0.05, 0.1) is 22.5 Å². The molecule has 10 heteroatoms. The van der Waals surface area contributed by atoms with Crippen molar-refractivity contribution in [2.24, 2.45) is 0 Å². The molecule has 4 rings (SSSR count). The lowest BCUT2D eigenvalue weighted by Gasteiger charge is -2.19. The molecule has 182 valence electrons. The zero-order valence-electron chi connectivity index (χ0n) is 19.1. The number of aromatic nitrogens is 2. The summed E-state index contributed by atoms with van der Waals surface area (Å²) in [5, 5.41) is 6.59. The molecule has 3 aromatic rings. The number of aryl methyl sites for hydroxylation is 2. The van der Waals surface area contributed by atoms with E-state index in [1.165, 1.54) is 25.1 Å². The number of carbonyl (C=O) groups is 2. The third-order valence-electron chi connectivity index (χ3n) is 5.90. The lowest BCUT2D eigenvalue weighted by molar-refractivity contribution is -0.137. The highest BCUT2D eigenvalue weighted by Crippen LogP contribution is 2.33. The van der Waals surface area contributed by atoms with Crippen LogP contribution < -0.4 is 10.7 Å². The Morgan fingerprint density at radius 3 is 2.37 bits per heavy atom. The van der Waals surface area contributed by atoms with Crippen molar-refractivity contribution in [3.8, 4) is 5.69 Å². The minimum atomic E-state index is -4.66. The summed E-state index contributed by atoms with van der Waals surface area (Å²) < 4.78 is 41.6. The Morgan fingerprint density at radius 1 is 1.00 bits per heavy atom. The van der Waals surface area contributed by atoms with Crippen LogP contribution in [-0.4, -0.2) is 39.6 Å². The summed E-state index contributed by atoms with van der Waals surface area (Å²) in [6.07, 6.45) is -2.88. The first kappa shape index (κ1) is 24.2. The Hall–Kier alpha value is -3.95. The minimum absolute atomic E-state index is 0.129. The predicted octanol–water partition coefficient (Wildman–Crippen LogP) is 4.36. The number of nitrogens with zero attached hydrogens (tertiary/aromatic N) is 3. The zero-order valence-corrected chi connectivity index (χ0v) is 19.1. The maximum absolute atomic E-state index is 13.6. The fourth-order valence-corrected chi connectivity index (χ4v) is 4.12. The van der Waals surface area contributed by atoms with Gasteiger partial charge in [0.2, 0.25) is 5.43 Å². The number of para-hydroxylation sites is 2. The van der Waals surface area contributed by atoms with E-state index in [2.05, 4.69) is 10.4 Å². The molecule has 0 unspecified atom stereocenters. The molecule has 0 spiro atoms. The summed E-state index contributed by atoms with van der Waals surface area (Å²) in [5.41, 5.74) is -1.37. The first-order valence-corrected chi connectivity index (χ1v) is 11.1. The number of benzene rings is 2. The summed E-state index contributed by atoms with van der Waals surface area (Å²) in [6.45, 7) is 4.36. The van der Waals surface area contributed by atoms with Gasteiger partial charge in [-0.1, -0.05) is 24.3 Å². The average molecular weight is 484 g/mol. The maximum Gasteiger partial charge on any atom is 0.418 e. The van der Waals surface area contributed by atoms with Crippen LogP contribution in [0, 0.1) is 13.8 Å². The van der Waals surface area contributed by atoms with Crippen molar-refractivity contribution < 1.29 is 22.8 Å². The average Bonchev–Trinajstić information content (AvgIpc) is 3.34. The van der Waals surface area contributed by atoms with Crippen molar-refractivity contribution in [2.45, 2.75) is 32.9 Å². The number of halogens is 3. The second-order valence-corrected chi connectivity index (χ2v) is 8.38. The molecule has 2 aromatic carbocycles. The molecule has 1 N–H and O–H groups in total. The monoisotopic (exact) mass is 484 g/mol. The second kappa shape index (κ2) is 9.36. The zero-order chi connectivity index (χ0) is 25.3. The Bertz CT molecular complexity index is 1360. The molecule has 1 aliphatic rings. The molecule has 2 heterocycles. The highest BCUT2D eigenvalue weighted by molar-refractivity contribution is 6.08. The standard InChI is InChI=1S/C25H23F3N4O3/c1-15-8-7-9-17(24(35)31-12-5-6-13-31)21(15)29-23(34)22-20(33)14-16(2)32(30-22)19-11-4-3-10-18(19)25(26,27)28/h3-4,7-11,14H,5-6,12-13H2,1-2H3,(H,29,34). The van der Waals surface area contributed by atoms with Crippen LogP contribution in [0.3, 0.4) is 0 Å². The maximum atomic E-state index is 13.6. The van der Waals surface area contributed by atoms with E-state index in [9.17, 15) is 27.6 Å². The summed E-state index contributed by atoms with van der Waals surface area (Å²) in [6, 6.07) is 10.8. The van der Waals surface area contributed by atoms with E-state index in [0.717, 1.165) is 29.7 Å². The number of hydrogen-bond donors (Lipinski definition) is 1. The molecular formula is C25H23F3N4O3. The van der Waals surface area contributed by atoms with Crippen molar-refractivity contribution in [1.82, 2.24) is 14.7 Å². The molecule has 0 saturated carbocycles. The highest BCUT2D eigenvalue weighted by atomic mass is 19.4. The number of hydrogen-bond acceptors (Lipinski definition) is 4. The molecule has 1 saturated heterocycles. The third-order valence-corrected chi connectivity index (χ3v) is 5.90. The van der Waals surface area contributed by atoms with Crippen molar-refractivity contribution >= 4 is 17.5 Å². The van der Waals surface area contributed by atoms with E-state index in [0.29, 0.717) is 18.7 Å². The number of carbonyl (C=O) groups excluding carboxylic acids is 2. The van der Waals surface area contributed by atoms with E-state index >= 15 is 0 Å². The Balaban J connectivity index is 1.74. The number of likely N-dealkylation sites (tertiary alicyclic amines) is 1. The van der Waals surface area contributed by atoms with Gasteiger partial charge >= 0.3 is 6.18 Å². The van der Waals surface area contributed by atoms with Crippen molar-refractivity contribution in [1.29, 1.82) is 0 Å². The summed E-state index contributed by atoms with van der Waals surface area (Å²) in [5.74, 6) is -1.16. The van der Waals surface area contributed by atoms with Gasteiger partial charge in [-0.05, 0) is 50.5 Å². The van der Waals surface area contributed by atoms with E-state index in [1.54, 1.807) is 30.0 Å². The predicted molar refractivity (Wildman–Crippen MR) is 124 cm³/mol. The van der Waals surface area contributed by atoms with Gasteiger partial charge in [0.1, 0.15) is 0 Å². The number of amides is 2. The number of alkyl halides is 3. The van der Waals surface area contributed by atoms with Crippen LogP contribution in [0.2, 0.25) is 0 Å². The smallest absolute Gasteiger partial charge is 0.339 e. The largest absolute Gasteiger partial charge is 0.418 e. The van der Waals surface area contributed by atoms with E-state index in [-0.39, 0.29) is 28.5 Å². The van der Waals surface area contributed by atoms with Crippen LogP contribution in [0.5, 0.6) is 0 Å². The van der Waals surface area contributed by atoms with Gasteiger partial charge < -0.3 is 10.2 Å². The fourth-order valence-electron chi connectivity index (χ4n) is 4.12. The van der Waals surface area contributed by atoms with Gasteiger partial charge in [-0.2, -0.15) is 18.3 Å². The molecule has 1 aromatic heterocycles. The van der Waals surface area contributed by atoms with Gasteiger partial charge in [0.25, 0.3) is 11.8 Å². The molecule has 0 aliphatic carbocycles. The molecule has 1 fully saturated rings. The van der Waals surface area contributed by atoms with Crippen molar-refractivity contribution in [3.63, 3.8) is 0 Å². The summed E-state index contributed by atoms with van der Waals surface area (Å²) in [7, 11) is 0. The first-order valence-electron chi connectivity index (χ1n) is 11.1. The van der Waals surface area contributed by atoms with Crippen LogP contribution in [0.25, 0.3) is 5.69 Å². The van der Waals surface area contributed by atoms with E-state index < -0.39 is 28.8 Å². The third kappa shape index (κ3) is 4.82. The quantitative estimate of drug-likeness (QED) is 0.597. The molecule has 0 radical (unpaired) electrons. The van der Waals surface area contributed by atoms with Gasteiger partial charge in [-0.15, -0.1) is 0 Å². The summed E-state index contributed by atoms with van der Waals surface area (Å²) >= 11 is 0. The Kier molecular flexibility index (Phi) is 6.47. The van der Waals surface area contributed by atoms with Crippen molar-refractivity contribution in [3.05, 3.63) is 86.8 Å². The molecule has 0 bridgehead atoms. The van der Waals surface area contributed by atoms with Crippen molar-refractivity contribution in [2.75, 3.05) is 18.4 Å². The van der Waals surface area contributed by atoms with E-state index in [1.807, 2.05) is 0 Å². The van der Waals surface area contributed by atoms with Gasteiger partial charge in [0, 0.05) is 24.8 Å². The topological polar surface area (TPSA) is 84.3 Å². The lowest BCUT2D eigenvalue weighted by Crippen LogP contribution is -2.31. The molecule has 0 atom stereocenters. The lowest BCUT2D eigenvalue weighted by atomic mass is 10.1. The second-order valence-electron chi connectivity index (χ2n) is 8.38. The fraction of sp³-hybridized carbons (Fsp3) is 0.280. The highest BCUT2D eigenvalue weighted by Gasteiger charge is 2.34. The molecular weight excluding hydrogens is 461 g/mol. The van der Waals surface area contributed by atoms with E-state index in [4.69, 9.17) is 0 Å². The molecule has 2 amide bonds. The van der Waals surface area contributed by atoms with Gasteiger partial charge in [-0.25, -0.2) is 4.68 Å². The van der Waals surface area contributed by atoms with Crippen LogP contribution in [0.4, 0.5) is 18.9 Å². The van der Waals surface area contributed by atoms with Gasteiger partial charge in [0.15, 0.2) is 5.69 Å². The number of anilines is 1. The number of rotatable bonds is 4. The Morgan fingerprint density at radius 2 is 1.69 bits per heavy atom. The summed E-state index contributed by atoms with van der Waals surface area (Å²) in [4.78, 5) is 40.4. The minimum Gasteiger partial charge on any atom is -0.339 e. The van der Waals surface area contributed by atoms with Gasteiger partial charge in [-0.3, -0.25) is 14.4 Å². The SMILES string of the molecule is Cc1cccc(C(=O)N2CCCC2)c1NC(=O)c1nn(-c2ccccc2C(F)(F)F)c(C)cc1=O. The molecule has 7 nitrogen and oxygen atoms in total. The molecule has 35 heavy (non-hydrogen) atoms. The Labute approximate surface area is 199 Å². The van der Waals surface area contributed by atoms with Crippen LogP contribution in [0.1, 0.15) is 50.5 Å².